The van der Waals surface area contributed by atoms with E-state index in [4.69, 9.17) is 9.15 Å². The molecule has 0 atom stereocenters. The van der Waals surface area contributed by atoms with E-state index in [1.165, 1.54) is 0 Å². The largest absolute Gasteiger partial charge is 0.451 e. The molecular formula is C18H18N4O3. The Hall–Kier alpha value is -2.93. The maximum absolute atomic E-state index is 12.3. The van der Waals surface area contributed by atoms with Crippen LogP contribution in [0.4, 0.5) is 5.95 Å². The lowest BCUT2D eigenvalue weighted by molar-refractivity contribution is 0.0925. The van der Waals surface area contributed by atoms with E-state index in [2.05, 4.69) is 20.2 Å². The first-order valence-electron chi connectivity index (χ1n) is 8.21. The first kappa shape index (κ1) is 15.6. The number of carbonyl (C=O) groups is 1. The summed E-state index contributed by atoms with van der Waals surface area (Å²) in [5.41, 5.74) is 1.45. The minimum absolute atomic E-state index is 0.261. The Bertz CT molecular complexity index is 854. The molecule has 0 radical (unpaired) electrons. The van der Waals surface area contributed by atoms with Gasteiger partial charge in [0.25, 0.3) is 5.91 Å². The van der Waals surface area contributed by atoms with Crippen LogP contribution in [-0.4, -0.2) is 42.2 Å². The van der Waals surface area contributed by atoms with Crippen LogP contribution in [0.15, 0.2) is 47.0 Å². The number of morpholine rings is 1. The van der Waals surface area contributed by atoms with Gasteiger partial charge in [-0.25, -0.2) is 9.97 Å². The van der Waals surface area contributed by atoms with Crippen LogP contribution in [0.2, 0.25) is 0 Å². The lowest BCUT2D eigenvalue weighted by Crippen LogP contribution is -2.37. The number of anilines is 1. The number of furan rings is 1. The molecule has 0 unspecified atom stereocenters. The topological polar surface area (TPSA) is 80.5 Å². The molecular weight excluding hydrogens is 320 g/mol. The summed E-state index contributed by atoms with van der Waals surface area (Å²) < 4.78 is 10.9. The summed E-state index contributed by atoms with van der Waals surface area (Å²) >= 11 is 0. The van der Waals surface area contributed by atoms with Gasteiger partial charge >= 0.3 is 0 Å². The molecule has 3 aromatic rings. The number of nitrogens with zero attached hydrogens (tertiary/aromatic N) is 3. The van der Waals surface area contributed by atoms with Gasteiger partial charge < -0.3 is 19.4 Å². The van der Waals surface area contributed by atoms with Crippen LogP contribution >= 0.6 is 0 Å². The van der Waals surface area contributed by atoms with E-state index in [0.29, 0.717) is 37.1 Å². The smallest absolute Gasteiger partial charge is 0.287 e. The van der Waals surface area contributed by atoms with Crippen molar-refractivity contribution in [2.45, 2.75) is 6.54 Å². The predicted molar refractivity (Wildman–Crippen MR) is 92.4 cm³/mol. The van der Waals surface area contributed by atoms with Crippen molar-refractivity contribution in [2.24, 2.45) is 0 Å². The van der Waals surface area contributed by atoms with Crippen molar-refractivity contribution < 1.29 is 13.9 Å². The van der Waals surface area contributed by atoms with Crippen molar-refractivity contribution in [2.75, 3.05) is 31.2 Å². The Morgan fingerprint density at radius 3 is 2.88 bits per heavy atom. The number of rotatable bonds is 4. The third-order valence-electron chi connectivity index (χ3n) is 4.07. The molecule has 25 heavy (non-hydrogen) atoms. The van der Waals surface area contributed by atoms with Crippen LogP contribution in [0, 0.1) is 0 Å². The zero-order valence-electron chi connectivity index (χ0n) is 13.6. The molecule has 0 bridgehead atoms. The second kappa shape index (κ2) is 6.90. The van der Waals surface area contributed by atoms with E-state index in [1.54, 1.807) is 18.3 Å². The first-order chi connectivity index (χ1) is 12.3. The number of para-hydroxylation sites is 1. The van der Waals surface area contributed by atoms with Crippen molar-refractivity contribution in [1.82, 2.24) is 15.3 Å². The number of carbonyl (C=O) groups excluding carboxylic acids is 1. The number of aromatic nitrogens is 2. The summed E-state index contributed by atoms with van der Waals surface area (Å²) in [5.74, 6) is 0.699. The molecule has 1 amide bonds. The van der Waals surface area contributed by atoms with Gasteiger partial charge in [0.05, 0.1) is 25.5 Å². The van der Waals surface area contributed by atoms with Crippen molar-refractivity contribution in [1.29, 1.82) is 0 Å². The maximum Gasteiger partial charge on any atom is 0.287 e. The Morgan fingerprint density at radius 1 is 1.20 bits per heavy atom. The standard InChI is InChI=1S/C18H18N4O3/c23-17(16-11-13-3-1-2-4-15(13)25-16)20-12-14-5-6-19-18(21-14)22-7-9-24-10-8-22/h1-6,11H,7-10,12H2,(H,20,23). The fourth-order valence-electron chi connectivity index (χ4n) is 2.75. The Labute approximate surface area is 144 Å². The summed E-state index contributed by atoms with van der Waals surface area (Å²) in [7, 11) is 0. The summed E-state index contributed by atoms with van der Waals surface area (Å²) in [4.78, 5) is 23.2. The second-order valence-corrected chi connectivity index (χ2v) is 5.78. The van der Waals surface area contributed by atoms with E-state index in [-0.39, 0.29) is 5.91 Å². The van der Waals surface area contributed by atoms with Crippen LogP contribution in [0.1, 0.15) is 16.2 Å². The van der Waals surface area contributed by atoms with E-state index in [1.807, 2.05) is 24.3 Å². The average molecular weight is 338 g/mol. The molecule has 1 aliphatic heterocycles. The van der Waals surface area contributed by atoms with Gasteiger partial charge in [-0.15, -0.1) is 0 Å². The highest BCUT2D eigenvalue weighted by molar-refractivity contribution is 5.95. The molecule has 128 valence electrons. The van der Waals surface area contributed by atoms with Crippen LogP contribution in [0.5, 0.6) is 0 Å². The summed E-state index contributed by atoms with van der Waals surface area (Å²) in [5, 5.41) is 3.75. The highest BCUT2D eigenvalue weighted by Crippen LogP contribution is 2.18. The number of nitrogens with one attached hydrogen (secondary N) is 1. The number of ether oxygens (including phenoxy) is 1. The predicted octanol–water partition coefficient (Wildman–Crippen LogP) is 1.99. The van der Waals surface area contributed by atoms with Gasteiger partial charge in [0, 0.05) is 24.7 Å². The summed E-state index contributed by atoms with van der Waals surface area (Å²) in [6, 6.07) is 11.1. The van der Waals surface area contributed by atoms with Crippen LogP contribution in [0.3, 0.4) is 0 Å². The quantitative estimate of drug-likeness (QED) is 0.784. The van der Waals surface area contributed by atoms with Gasteiger partial charge in [-0.1, -0.05) is 18.2 Å². The molecule has 4 rings (SSSR count). The fourth-order valence-corrected chi connectivity index (χ4v) is 2.75. The molecule has 0 spiro atoms. The van der Waals surface area contributed by atoms with Crippen LogP contribution in [0.25, 0.3) is 11.0 Å². The van der Waals surface area contributed by atoms with E-state index >= 15 is 0 Å². The molecule has 1 aliphatic rings. The molecule has 7 nitrogen and oxygen atoms in total. The molecule has 3 heterocycles. The number of benzene rings is 1. The highest BCUT2D eigenvalue weighted by atomic mass is 16.5. The van der Waals surface area contributed by atoms with E-state index in [9.17, 15) is 4.79 Å². The van der Waals surface area contributed by atoms with Gasteiger partial charge in [0.1, 0.15) is 5.58 Å². The normalized spacial score (nSPS) is 14.6. The lowest BCUT2D eigenvalue weighted by atomic mass is 10.2. The Balaban J connectivity index is 1.42. The van der Waals surface area contributed by atoms with Crippen molar-refractivity contribution >= 4 is 22.8 Å². The third-order valence-corrected chi connectivity index (χ3v) is 4.07. The lowest BCUT2D eigenvalue weighted by Gasteiger charge is -2.26. The van der Waals surface area contributed by atoms with Gasteiger partial charge in [-0.2, -0.15) is 0 Å². The molecule has 0 aliphatic carbocycles. The average Bonchev–Trinajstić information content (AvgIpc) is 3.11. The number of amides is 1. The molecule has 1 fully saturated rings. The zero-order valence-corrected chi connectivity index (χ0v) is 13.6. The van der Waals surface area contributed by atoms with Crippen molar-refractivity contribution in [3.63, 3.8) is 0 Å². The van der Waals surface area contributed by atoms with Crippen LogP contribution in [-0.2, 0) is 11.3 Å². The van der Waals surface area contributed by atoms with Crippen molar-refractivity contribution in [3.05, 3.63) is 54.0 Å². The Morgan fingerprint density at radius 2 is 2.04 bits per heavy atom. The van der Waals surface area contributed by atoms with Crippen LogP contribution < -0.4 is 10.2 Å². The second-order valence-electron chi connectivity index (χ2n) is 5.78. The Kier molecular flexibility index (Phi) is 4.30. The van der Waals surface area contributed by atoms with Gasteiger partial charge in [-0.05, 0) is 18.2 Å². The minimum Gasteiger partial charge on any atom is -0.451 e. The molecule has 0 saturated carbocycles. The highest BCUT2D eigenvalue weighted by Gasteiger charge is 2.15. The minimum atomic E-state index is -0.261. The number of hydrogen-bond donors (Lipinski definition) is 1. The monoisotopic (exact) mass is 338 g/mol. The molecule has 1 N–H and O–H groups in total. The van der Waals surface area contributed by atoms with Gasteiger partial charge in [0.15, 0.2) is 5.76 Å². The summed E-state index contributed by atoms with van der Waals surface area (Å²) in [6.07, 6.45) is 1.71. The maximum atomic E-state index is 12.3. The molecule has 1 aromatic carbocycles. The third kappa shape index (κ3) is 3.46. The molecule has 7 heteroatoms. The number of hydrogen-bond acceptors (Lipinski definition) is 6. The summed E-state index contributed by atoms with van der Waals surface area (Å²) in [6.45, 7) is 3.21. The first-order valence-corrected chi connectivity index (χ1v) is 8.21. The fraction of sp³-hybridized carbons (Fsp3) is 0.278. The molecule has 2 aromatic heterocycles. The van der Waals surface area contributed by atoms with E-state index < -0.39 is 0 Å². The molecule has 1 saturated heterocycles. The van der Waals surface area contributed by atoms with Gasteiger partial charge in [0.2, 0.25) is 5.95 Å². The SMILES string of the molecule is O=C(NCc1ccnc(N2CCOCC2)n1)c1cc2ccccc2o1. The van der Waals surface area contributed by atoms with Crippen molar-refractivity contribution in [3.8, 4) is 0 Å². The van der Waals surface area contributed by atoms with E-state index in [0.717, 1.165) is 24.2 Å². The van der Waals surface area contributed by atoms with Gasteiger partial charge in [-0.3, -0.25) is 4.79 Å². The number of fused-ring (bicyclic) bond motifs is 1. The zero-order chi connectivity index (χ0) is 17.1.